The van der Waals surface area contributed by atoms with Crippen LogP contribution in [-0.2, 0) is 11.3 Å². The monoisotopic (exact) mass is 435 g/mol. The number of fused-ring (bicyclic) bond motifs is 1. The largest absolute Gasteiger partial charge is 0.484 e. The number of ether oxygens (including phenoxy) is 1. The van der Waals surface area contributed by atoms with Gasteiger partial charge in [-0.25, -0.2) is 4.98 Å². The number of thiophene rings is 1. The lowest BCUT2D eigenvalue weighted by molar-refractivity contribution is -0.116. The molecule has 0 spiro atoms. The highest BCUT2D eigenvalue weighted by atomic mass is 79.9. The molecule has 0 bridgehead atoms. The Bertz CT molecular complexity index is 1020. The summed E-state index contributed by atoms with van der Waals surface area (Å²) < 4.78 is 7.89. The number of nitrogens with zero attached hydrogens (tertiary/aromatic N) is 2. The molecule has 0 fully saturated rings. The molecular weight excluding hydrogens is 418 g/mol. The lowest BCUT2D eigenvalue weighted by Crippen LogP contribution is -2.30. The molecule has 0 radical (unpaired) electrons. The van der Waals surface area contributed by atoms with Gasteiger partial charge in [0.1, 0.15) is 17.2 Å². The Morgan fingerprint density at radius 3 is 2.65 bits per heavy atom. The van der Waals surface area contributed by atoms with Crippen molar-refractivity contribution in [3.05, 3.63) is 50.5 Å². The number of amides is 1. The van der Waals surface area contributed by atoms with Crippen molar-refractivity contribution in [2.24, 2.45) is 0 Å². The zero-order valence-electron chi connectivity index (χ0n) is 14.6. The van der Waals surface area contributed by atoms with E-state index >= 15 is 0 Å². The van der Waals surface area contributed by atoms with Gasteiger partial charge < -0.3 is 10.1 Å². The predicted octanol–water partition coefficient (Wildman–Crippen LogP) is 3.87. The summed E-state index contributed by atoms with van der Waals surface area (Å²) in [7, 11) is 0. The van der Waals surface area contributed by atoms with Gasteiger partial charge in [0.2, 0.25) is 5.91 Å². The molecular formula is C18H18BrN3O3S. The SMILES string of the molecule is CCOc1sc2nc(C)n(CC(=O)Nc3ccc(Br)cc3)c(=O)c2c1C. The summed E-state index contributed by atoms with van der Waals surface area (Å²) >= 11 is 4.71. The van der Waals surface area contributed by atoms with Gasteiger partial charge in [0, 0.05) is 15.7 Å². The summed E-state index contributed by atoms with van der Waals surface area (Å²) in [6.45, 7) is 5.89. The van der Waals surface area contributed by atoms with Gasteiger partial charge in [-0.3, -0.25) is 14.2 Å². The highest BCUT2D eigenvalue weighted by Crippen LogP contribution is 2.34. The zero-order chi connectivity index (χ0) is 18.8. The maximum atomic E-state index is 12.9. The van der Waals surface area contributed by atoms with Crippen molar-refractivity contribution in [3.63, 3.8) is 0 Å². The third kappa shape index (κ3) is 3.66. The molecule has 0 atom stereocenters. The lowest BCUT2D eigenvalue weighted by atomic mass is 10.2. The molecule has 1 N–H and O–H groups in total. The van der Waals surface area contributed by atoms with Gasteiger partial charge in [0.05, 0.1) is 12.0 Å². The Balaban J connectivity index is 1.92. The van der Waals surface area contributed by atoms with E-state index in [1.807, 2.05) is 26.0 Å². The van der Waals surface area contributed by atoms with Gasteiger partial charge in [-0.15, -0.1) is 0 Å². The van der Waals surface area contributed by atoms with Crippen molar-refractivity contribution < 1.29 is 9.53 Å². The molecule has 1 amide bonds. The first-order valence-electron chi connectivity index (χ1n) is 8.09. The van der Waals surface area contributed by atoms with Crippen LogP contribution in [0.5, 0.6) is 5.06 Å². The molecule has 6 nitrogen and oxygen atoms in total. The number of carbonyl (C=O) groups excluding carboxylic acids is 1. The smallest absolute Gasteiger partial charge is 0.263 e. The first-order chi connectivity index (χ1) is 12.4. The van der Waals surface area contributed by atoms with E-state index in [0.29, 0.717) is 33.4 Å². The van der Waals surface area contributed by atoms with Gasteiger partial charge in [0.25, 0.3) is 5.56 Å². The maximum Gasteiger partial charge on any atom is 0.263 e. The van der Waals surface area contributed by atoms with Gasteiger partial charge in [-0.2, -0.15) is 0 Å². The second kappa shape index (κ2) is 7.59. The summed E-state index contributed by atoms with van der Waals surface area (Å²) in [5.41, 5.74) is 1.22. The molecule has 2 aromatic heterocycles. The van der Waals surface area contributed by atoms with E-state index in [1.165, 1.54) is 15.9 Å². The van der Waals surface area contributed by atoms with Crippen LogP contribution in [0.4, 0.5) is 5.69 Å². The Labute approximate surface area is 163 Å². The molecule has 3 rings (SSSR count). The molecule has 0 aliphatic heterocycles. The number of halogens is 1. The van der Waals surface area contributed by atoms with Crippen LogP contribution < -0.4 is 15.6 Å². The summed E-state index contributed by atoms with van der Waals surface area (Å²) in [4.78, 5) is 30.4. The molecule has 0 aliphatic rings. The third-order valence-corrected chi connectivity index (χ3v) is 5.53. The number of aryl methyl sites for hydroxylation is 2. The fourth-order valence-corrected chi connectivity index (χ4v) is 4.02. The molecule has 0 unspecified atom stereocenters. The number of carbonyl (C=O) groups is 1. The minimum atomic E-state index is -0.281. The molecule has 0 saturated carbocycles. The van der Waals surface area contributed by atoms with E-state index in [1.54, 1.807) is 19.1 Å². The van der Waals surface area contributed by atoms with Gasteiger partial charge in [-0.1, -0.05) is 27.3 Å². The van der Waals surface area contributed by atoms with Crippen LogP contribution >= 0.6 is 27.3 Å². The lowest BCUT2D eigenvalue weighted by Gasteiger charge is -2.10. The van der Waals surface area contributed by atoms with Crippen molar-refractivity contribution in [2.75, 3.05) is 11.9 Å². The molecule has 0 saturated heterocycles. The highest BCUT2D eigenvalue weighted by Gasteiger charge is 2.18. The topological polar surface area (TPSA) is 73.2 Å². The van der Waals surface area contributed by atoms with Crippen molar-refractivity contribution >= 4 is 49.1 Å². The molecule has 26 heavy (non-hydrogen) atoms. The number of hydrogen-bond donors (Lipinski definition) is 1. The van der Waals surface area contributed by atoms with Crippen molar-refractivity contribution in [1.29, 1.82) is 0 Å². The molecule has 3 aromatic rings. The molecule has 136 valence electrons. The number of benzene rings is 1. The standard InChI is InChI=1S/C18H18BrN3O3S/c1-4-25-18-10(2)15-16(26-18)20-11(3)22(17(15)24)9-14(23)21-13-7-5-12(19)6-8-13/h5-8H,4,9H2,1-3H3,(H,21,23). The summed E-state index contributed by atoms with van der Waals surface area (Å²) in [5.74, 6) is 0.217. The fourth-order valence-electron chi connectivity index (χ4n) is 2.63. The average molecular weight is 436 g/mol. The van der Waals surface area contributed by atoms with Crippen LogP contribution in [0.3, 0.4) is 0 Å². The van der Waals surface area contributed by atoms with Crippen molar-refractivity contribution in [3.8, 4) is 5.06 Å². The number of anilines is 1. The van der Waals surface area contributed by atoms with E-state index in [0.717, 1.165) is 10.0 Å². The normalized spacial score (nSPS) is 10.9. The van der Waals surface area contributed by atoms with E-state index in [-0.39, 0.29) is 18.0 Å². The second-order valence-corrected chi connectivity index (χ2v) is 7.61. The number of nitrogens with one attached hydrogen (secondary N) is 1. The second-order valence-electron chi connectivity index (χ2n) is 5.73. The summed E-state index contributed by atoms with van der Waals surface area (Å²) in [6.07, 6.45) is 0. The zero-order valence-corrected chi connectivity index (χ0v) is 17.0. The minimum Gasteiger partial charge on any atom is -0.484 e. The molecule has 2 heterocycles. The summed E-state index contributed by atoms with van der Waals surface area (Å²) in [5, 5.41) is 4.00. The van der Waals surface area contributed by atoms with Crippen LogP contribution in [0.1, 0.15) is 18.3 Å². The van der Waals surface area contributed by atoms with Crippen LogP contribution in [0, 0.1) is 13.8 Å². The van der Waals surface area contributed by atoms with E-state index < -0.39 is 0 Å². The highest BCUT2D eigenvalue weighted by molar-refractivity contribution is 9.10. The first-order valence-corrected chi connectivity index (χ1v) is 9.70. The molecule has 1 aromatic carbocycles. The number of hydrogen-bond acceptors (Lipinski definition) is 5. The number of rotatable bonds is 5. The Morgan fingerprint density at radius 2 is 2.00 bits per heavy atom. The Morgan fingerprint density at radius 1 is 1.31 bits per heavy atom. The Hall–Kier alpha value is -2.19. The fraction of sp³-hybridized carbons (Fsp3) is 0.278. The van der Waals surface area contributed by atoms with Crippen molar-refractivity contribution in [2.45, 2.75) is 27.3 Å². The van der Waals surface area contributed by atoms with E-state index in [4.69, 9.17) is 4.74 Å². The van der Waals surface area contributed by atoms with E-state index in [2.05, 4.69) is 26.2 Å². The predicted molar refractivity (Wildman–Crippen MR) is 107 cm³/mol. The van der Waals surface area contributed by atoms with Crippen LogP contribution in [0.15, 0.2) is 33.5 Å². The van der Waals surface area contributed by atoms with Crippen LogP contribution in [0.2, 0.25) is 0 Å². The first kappa shape index (κ1) is 18.6. The van der Waals surface area contributed by atoms with Crippen LogP contribution in [0.25, 0.3) is 10.2 Å². The van der Waals surface area contributed by atoms with Crippen LogP contribution in [-0.4, -0.2) is 22.1 Å². The van der Waals surface area contributed by atoms with Gasteiger partial charge in [-0.05, 0) is 45.0 Å². The minimum absolute atomic E-state index is 0.0943. The van der Waals surface area contributed by atoms with E-state index in [9.17, 15) is 9.59 Å². The van der Waals surface area contributed by atoms with Gasteiger partial charge >= 0.3 is 0 Å². The number of aromatic nitrogens is 2. The van der Waals surface area contributed by atoms with Crippen molar-refractivity contribution in [1.82, 2.24) is 9.55 Å². The quantitative estimate of drug-likeness (QED) is 0.659. The Kier molecular flexibility index (Phi) is 5.43. The third-order valence-electron chi connectivity index (χ3n) is 3.90. The maximum absolute atomic E-state index is 12.9. The summed E-state index contributed by atoms with van der Waals surface area (Å²) in [6, 6.07) is 7.25. The molecule has 0 aliphatic carbocycles. The average Bonchev–Trinajstić information content (AvgIpc) is 2.90. The van der Waals surface area contributed by atoms with Gasteiger partial charge in [0.15, 0.2) is 5.06 Å². The molecule has 8 heteroatoms.